The zero-order chi connectivity index (χ0) is 14.7. The molecule has 0 saturated heterocycles. The largest absolute Gasteiger partial charge is 0.489 e. The zero-order valence-corrected chi connectivity index (χ0v) is 12.6. The summed E-state index contributed by atoms with van der Waals surface area (Å²) in [4.78, 5) is 0. The molecule has 3 nitrogen and oxygen atoms in total. The van der Waals surface area contributed by atoms with Crippen LogP contribution in [0.2, 0.25) is 0 Å². The van der Waals surface area contributed by atoms with Crippen molar-refractivity contribution in [1.82, 2.24) is 5.16 Å². The van der Waals surface area contributed by atoms with Crippen LogP contribution >= 0.6 is 11.6 Å². The van der Waals surface area contributed by atoms with E-state index < -0.39 is 0 Å². The maximum absolute atomic E-state index is 5.84. The highest BCUT2D eigenvalue weighted by Gasteiger charge is 2.09. The van der Waals surface area contributed by atoms with Gasteiger partial charge in [-0.2, -0.15) is 0 Å². The van der Waals surface area contributed by atoms with Crippen molar-refractivity contribution in [3.8, 4) is 5.75 Å². The van der Waals surface area contributed by atoms with Gasteiger partial charge in [-0.1, -0.05) is 29.4 Å². The fraction of sp³-hybridized carbons (Fsp3) is 0.235. The van der Waals surface area contributed by atoms with E-state index in [2.05, 4.69) is 24.2 Å². The molecule has 0 spiro atoms. The van der Waals surface area contributed by atoms with Crippen LogP contribution in [0, 0.1) is 6.92 Å². The SMILES string of the molecule is Cc1ccccc1COc1ccc2c(CCCl)noc2c1. The Bertz CT molecular complexity index is 751. The van der Waals surface area contributed by atoms with Crippen molar-refractivity contribution in [3.63, 3.8) is 0 Å². The van der Waals surface area contributed by atoms with Gasteiger partial charge in [0.15, 0.2) is 5.58 Å². The van der Waals surface area contributed by atoms with Crippen molar-refractivity contribution >= 4 is 22.6 Å². The Morgan fingerprint density at radius 2 is 2.05 bits per heavy atom. The first-order valence-electron chi connectivity index (χ1n) is 6.89. The minimum atomic E-state index is 0.535. The molecule has 3 rings (SSSR count). The molecule has 0 amide bonds. The Labute approximate surface area is 128 Å². The van der Waals surface area contributed by atoms with E-state index in [4.69, 9.17) is 20.9 Å². The summed E-state index contributed by atoms with van der Waals surface area (Å²) in [6.45, 7) is 2.62. The van der Waals surface area contributed by atoms with E-state index in [0.717, 1.165) is 22.4 Å². The van der Waals surface area contributed by atoms with Crippen molar-refractivity contribution in [2.45, 2.75) is 20.0 Å². The van der Waals surface area contributed by atoms with Crippen LogP contribution in [0.4, 0.5) is 0 Å². The second kappa shape index (κ2) is 6.19. The molecule has 0 bridgehead atoms. The molecule has 0 N–H and O–H groups in total. The number of hydrogen-bond donors (Lipinski definition) is 0. The average molecular weight is 302 g/mol. The van der Waals surface area contributed by atoms with Crippen molar-refractivity contribution in [3.05, 3.63) is 59.3 Å². The number of aromatic nitrogens is 1. The van der Waals surface area contributed by atoms with Crippen molar-refractivity contribution in [2.24, 2.45) is 0 Å². The normalized spacial score (nSPS) is 11.0. The lowest BCUT2D eigenvalue weighted by molar-refractivity contribution is 0.305. The minimum Gasteiger partial charge on any atom is -0.489 e. The topological polar surface area (TPSA) is 35.3 Å². The van der Waals surface area contributed by atoms with E-state index in [1.165, 1.54) is 11.1 Å². The summed E-state index contributed by atoms with van der Waals surface area (Å²) in [6, 6.07) is 14.0. The summed E-state index contributed by atoms with van der Waals surface area (Å²) >= 11 is 5.75. The Morgan fingerprint density at radius 3 is 2.86 bits per heavy atom. The molecule has 0 atom stereocenters. The van der Waals surface area contributed by atoms with E-state index >= 15 is 0 Å². The maximum Gasteiger partial charge on any atom is 0.170 e. The number of benzene rings is 2. The van der Waals surface area contributed by atoms with Gasteiger partial charge in [0.25, 0.3) is 0 Å². The number of ether oxygens (including phenoxy) is 1. The zero-order valence-electron chi connectivity index (χ0n) is 11.8. The summed E-state index contributed by atoms with van der Waals surface area (Å²) in [5, 5.41) is 5.04. The molecule has 21 heavy (non-hydrogen) atoms. The van der Waals surface area contributed by atoms with Gasteiger partial charge in [-0.25, -0.2) is 0 Å². The third-order valence-electron chi connectivity index (χ3n) is 3.51. The third-order valence-corrected chi connectivity index (χ3v) is 3.69. The van der Waals surface area contributed by atoms with Crippen LogP contribution < -0.4 is 4.74 Å². The van der Waals surface area contributed by atoms with Gasteiger partial charge < -0.3 is 9.26 Å². The van der Waals surface area contributed by atoms with Crippen LogP contribution in [-0.4, -0.2) is 11.0 Å². The van der Waals surface area contributed by atoms with Gasteiger partial charge in [0, 0.05) is 23.8 Å². The van der Waals surface area contributed by atoms with Crippen molar-refractivity contribution in [2.75, 3.05) is 5.88 Å². The number of halogens is 1. The van der Waals surface area contributed by atoms with Gasteiger partial charge >= 0.3 is 0 Å². The number of hydrogen-bond acceptors (Lipinski definition) is 3. The molecule has 0 fully saturated rings. The summed E-state index contributed by atoms with van der Waals surface area (Å²) in [7, 11) is 0. The van der Waals surface area contributed by atoms with Gasteiger partial charge in [-0.3, -0.25) is 0 Å². The second-order valence-corrected chi connectivity index (χ2v) is 5.32. The summed E-state index contributed by atoms with van der Waals surface area (Å²) in [5.74, 6) is 1.31. The van der Waals surface area contributed by atoms with Gasteiger partial charge in [-0.15, -0.1) is 11.6 Å². The highest BCUT2D eigenvalue weighted by molar-refractivity contribution is 6.18. The van der Waals surface area contributed by atoms with Gasteiger partial charge in [0.05, 0.1) is 5.69 Å². The number of aryl methyl sites for hydroxylation is 2. The van der Waals surface area contributed by atoms with Crippen molar-refractivity contribution in [1.29, 1.82) is 0 Å². The van der Waals surface area contributed by atoms with E-state index in [1.54, 1.807) is 0 Å². The molecule has 0 aliphatic heterocycles. The number of alkyl halides is 1. The van der Waals surface area contributed by atoms with E-state index in [0.29, 0.717) is 18.9 Å². The molecule has 1 heterocycles. The predicted molar refractivity (Wildman–Crippen MR) is 83.9 cm³/mol. The molecule has 0 saturated carbocycles. The summed E-state index contributed by atoms with van der Waals surface area (Å²) in [6.07, 6.45) is 0.706. The summed E-state index contributed by atoms with van der Waals surface area (Å²) < 4.78 is 11.2. The molecule has 108 valence electrons. The van der Waals surface area contributed by atoms with Crippen molar-refractivity contribution < 1.29 is 9.26 Å². The lowest BCUT2D eigenvalue weighted by atomic mass is 10.1. The van der Waals surface area contributed by atoms with Crippen LogP contribution in [-0.2, 0) is 13.0 Å². The molecule has 4 heteroatoms. The van der Waals surface area contributed by atoms with Gasteiger partial charge in [0.2, 0.25) is 0 Å². The lowest BCUT2D eigenvalue weighted by Crippen LogP contribution is -1.97. The average Bonchev–Trinajstić information content (AvgIpc) is 2.89. The fourth-order valence-corrected chi connectivity index (χ4v) is 2.44. The van der Waals surface area contributed by atoms with E-state index in [9.17, 15) is 0 Å². The first kappa shape index (κ1) is 14.0. The highest BCUT2D eigenvalue weighted by atomic mass is 35.5. The van der Waals surface area contributed by atoms with E-state index in [1.807, 2.05) is 30.3 Å². The Morgan fingerprint density at radius 1 is 1.19 bits per heavy atom. The first-order chi connectivity index (χ1) is 10.3. The lowest BCUT2D eigenvalue weighted by Gasteiger charge is -2.08. The summed E-state index contributed by atoms with van der Waals surface area (Å²) in [5.41, 5.74) is 4.03. The first-order valence-corrected chi connectivity index (χ1v) is 7.43. The number of rotatable bonds is 5. The quantitative estimate of drug-likeness (QED) is 0.651. The number of fused-ring (bicyclic) bond motifs is 1. The molecule has 3 aromatic rings. The fourth-order valence-electron chi connectivity index (χ4n) is 2.26. The molecular formula is C17H16ClNO2. The second-order valence-electron chi connectivity index (χ2n) is 4.94. The Hall–Kier alpha value is -2.00. The Balaban J connectivity index is 1.77. The third kappa shape index (κ3) is 3.03. The van der Waals surface area contributed by atoms with Crippen LogP contribution in [0.1, 0.15) is 16.8 Å². The van der Waals surface area contributed by atoms with Crippen LogP contribution in [0.5, 0.6) is 5.75 Å². The molecular weight excluding hydrogens is 286 g/mol. The smallest absolute Gasteiger partial charge is 0.170 e. The van der Waals surface area contributed by atoms with Gasteiger partial charge in [0.1, 0.15) is 12.4 Å². The molecule has 0 radical (unpaired) electrons. The van der Waals surface area contributed by atoms with Crippen LogP contribution in [0.25, 0.3) is 11.0 Å². The molecule has 0 aliphatic rings. The predicted octanol–water partition coefficient (Wildman–Crippen LogP) is 4.50. The molecule has 1 aromatic heterocycles. The Kier molecular flexibility index (Phi) is 4.11. The van der Waals surface area contributed by atoms with Crippen LogP contribution in [0.15, 0.2) is 47.0 Å². The molecule has 0 aliphatic carbocycles. The van der Waals surface area contributed by atoms with Crippen LogP contribution in [0.3, 0.4) is 0 Å². The monoisotopic (exact) mass is 301 g/mol. The standard InChI is InChI=1S/C17H16ClNO2/c1-12-4-2-3-5-13(12)11-20-14-6-7-15-16(8-9-18)19-21-17(15)10-14/h2-7,10H,8-9,11H2,1H3. The number of nitrogens with zero attached hydrogens (tertiary/aromatic N) is 1. The van der Waals surface area contributed by atoms with E-state index in [-0.39, 0.29) is 0 Å². The molecule has 0 unspecified atom stereocenters. The maximum atomic E-state index is 5.84. The van der Waals surface area contributed by atoms with Gasteiger partial charge in [-0.05, 0) is 30.2 Å². The highest BCUT2D eigenvalue weighted by Crippen LogP contribution is 2.25. The molecule has 2 aromatic carbocycles. The minimum absolute atomic E-state index is 0.535.